The topological polar surface area (TPSA) is 106 Å². The van der Waals surface area contributed by atoms with Gasteiger partial charge in [0.2, 0.25) is 5.91 Å². The number of nitrogens with one attached hydrogen (secondary N) is 2. The fraction of sp³-hybridized carbons (Fsp3) is 0.227. The molecule has 0 bridgehead atoms. The summed E-state index contributed by atoms with van der Waals surface area (Å²) in [5, 5.41) is 5.83. The van der Waals surface area contributed by atoms with Crippen molar-refractivity contribution in [2.75, 3.05) is 43.4 Å². The summed E-state index contributed by atoms with van der Waals surface area (Å²) in [6, 6.07) is 12.0. The molecule has 9 heteroatoms. The number of rotatable bonds is 7. The molecule has 0 radical (unpaired) electrons. The van der Waals surface area contributed by atoms with Gasteiger partial charge in [0.1, 0.15) is 18.0 Å². The second-order valence-electron chi connectivity index (χ2n) is 6.60. The van der Waals surface area contributed by atoms with Crippen molar-refractivity contribution in [2.24, 2.45) is 0 Å². The molecule has 162 valence electrons. The maximum absolute atomic E-state index is 12.9. The molecule has 9 nitrogen and oxygen atoms in total. The molecule has 2 amide bonds. The lowest BCUT2D eigenvalue weighted by atomic mass is 10.2. The molecule has 0 spiro atoms. The summed E-state index contributed by atoms with van der Waals surface area (Å²) in [7, 11) is 4.29. The number of fused-ring (bicyclic) bond motifs is 1. The Labute approximate surface area is 179 Å². The van der Waals surface area contributed by atoms with Crippen molar-refractivity contribution >= 4 is 34.8 Å². The maximum atomic E-state index is 12.9. The highest BCUT2D eigenvalue weighted by molar-refractivity contribution is 6.10. The molecule has 2 N–H and O–H groups in total. The van der Waals surface area contributed by atoms with E-state index in [1.165, 1.54) is 32.3 Å². The lowest BCUT2D eigenvalue weighted by Gasteiger charge is -2.22. The first-order valence-corrected chi connectivity index (χ1v) is 9.42. The standard InChI is InChI=1S/C22H23N3O6/c1-29-15-8-9-17(19(12-15)30-2)24-20(26)13-25-18-7-5-4-6-16(18)23-14(10-21(25)27)11-22(28)31-3/h4-10,12,23H,11,13H2,1-3H3,(H,24,26). The molecule has 1 aliphatic rings. The Kier molecular flexibility index (Phi) is 6.76. The monoisotopic (exact) mass is 425 g/mol. The normalized spacial score (nSPS) is 12.7. The van der Waals surface area contributed by atoms with Gasteiger partial charge in [0, 0.05) is 17.8 Å². The Morgan fingerprint density at radius 3 is 2.55 bits per heavy atom. The van der Waals surface area contributed by atoms with E-state index in [9.17, 15) is 14.4 Å². The average molecular weight is 425 g/mol. The number of para-hydroxylation sites is 2. The highest BCUT2D eigenvalue weighted by atomic mass is 16.5. The zero-order valence-corrected chi connectivity index (χ0v) is 17.4. The minimum atomic E-state index is -0.484. The van der Waals surface area contributed by atoms with Crippen LogP contribution in [0.3, 0.4) is 0 Å². The SMILES string of the molecule is COC(=O)CC1=CC(=O)N(CC(=O)Nc2ccc(OC)cc2OC)c2ccccc2N1. The number of amides is 2. The van der Waals surface area contributed by atoms with E-state index in [1.54, 1.807) is 42.5 Å². The number of anilines is 3. The minimum Gasteiger partial charge on any atom is -0.497 e. The molecule has 31 heavy (non-hydrogen) atoms. The van der Waals surface area contributed by atoms with Crippen LogP contribution < -0.4 is 25.0 Å². The van der Waals surface area contributed by atoms with Gasteiger partial charge in [-0.2, -0.15) is 0 Å². The van der Waals surface area contributed by atoms with Crippen LogP contribution >= 0.6 is 0 Å². The van der Waals surface area contributed by atoms with Crippen LogP contribution in [-0.2, 0) is 19.1 Å². The van der Waals surface area contributed by atoms with Crippen molar-refractivity contribution in [1.29, 1.82) is 0 Å². The van der Waals surface area contributed by atoms with Crippen molar-refractivity contribution in [2.45, 2.75) is 6.42 Å². The third kappa shape index (κ3) is 5.13. The Balaban J connectivity index is 1.83. The van der Waals surface area contributed by atoms with Crippen molar-refractivity contribution in [3.05, 3.63) is 54.2 Å². The quantitative estimate of drug-likeness (QED) is 0.657. The fourth-order valence-electron chi connectivity index (χ4n) is 3.09. The van der Waals surface area contributed by atoms with Gasteiger partial charge < -0.3 is 24.8 Å². The van der Waals surface area contributed by atoms with Gasteiger partial charge in [-0.25, -0.2) is 0 Å². The molecular weight excluding hydrogens is 402 g/mol. The van der Waals surface area contributed by atoms with E-state index < -0.39 is 17.8 Å². The maximum Gasteiger partial charge on any atom is 0.311 e. The van der Waals surface area contributed by atoms with E-state index >= 15 is 0 Å². The van der Waals surface area contributed by atoms with E-state index in [4.69, 9.17) is 9.47 Å². The fourth-order valence-corrected chi connectivity index (χ4v) is 3.09. The number of hydrogen-bond acceptors (Lipinski definition) is 7. The van der Waals surface area contributed by atoms with Crippen LogP contribution in [0.2, 0.25) is 0 Å². The van der Waals surface area contributed by atoms with Crippen LogP contribution in [-0.4, -0.2) is 45.7 Å². The number of carbonyl (C=O) groups excluding carboxylic acids is 3. The van der Waals surface area contributed by atoms with Gasteiger partial charge in [-0.3, -0.25) is 19.3 Å². The Hall–Kier alpha value is -4.01. The molecule has 0 saturated carbocycles. The van der Waals surface area contributed by atoms with Gasteiger partial charge >= 0.3 is 5.97 Å². The Morgan fingerprint density at radius 1 is 1.06 bits per heavy atom. The molecule has 0 unspecified atom stereocenters. The third-order valence-electron chi connectivity index (χ3n) is 4.60. The first kappa shape index (κ1) is 21.7. The number of hydrogen-bond donors (Lipinski definition) is 2. The van der Waals surface area contributed by atoms with Crippen LogP contribution in [0.1, 0.15) is 6.42 Å². The van der Waals surface area contributed by atoms with Crippen molar-refractivity contribution in [3.8, 4) is 11.5 Å². The lowest BCUT2D eigenvalue weighted by molar-refractivity contribution is -0.139. The summed E-state index contributed by atoms with van der Waals surface area (Å²) < 4.78 is 15.1. The summed E-state index contributed by atoms with van der Waals surface area (Å²) in [5.74, 6) is -0.329. The van der Waals surface area contributed by atoms with E-state index in [0.717, 1.165) is 0 Å². The summed E-state index contributed by atoms with van der Waals surface area (Å²) in [6.45, 7) is -0.241. The summed E-state index contributed by atoms with van der Waals surface area (Å²) >= 11 is 0. The summed E-state index contributed by atoms with van der Waals surface area (Å²) in [4.78, 5) is 38.7. The van der Waals surface area contributed by atoms with Gasteiger partial charge in [0.05, 0.1) is 44.8 Å². The van der Waals surface area contributed by atoms with Gasteiger partial charge in [-0.05, 0) is 24.3 Å². The summed E-state index contributed by atoms with van der Waals surface area (Å²) in [5.41, 5.74) is 1.94. The van der Waals surface area contributed by atoms with Crippen molar-refractivity contribution < 1.29 is 28.6 Å². The van der Waals surface area contributed by atoms with Crippen LogP contribution in [0.4, 0.5) is 17.1 Å². The molecule has 2 aromatic carbocycles. The van der Waals surface area contributed by atoms with Crippen LogP contribution in [0, 0.1) is 0 Å². The molecule has 2 aromatic rings. The predicted octanol–water partition coefficient (Wildman–Crippen LogP) is 2.55. The zero-order chi connectivity index (χ0) is 22.4. The van der Waals surface area contributed by atoms with Gasteiger partial charge in [-0.1, -0.05) is 12.1 Å². The summed E-state index contributed by atoms with van der Waals surface area (Å²) in [6.07, 6.45) is 1.19. The largest absolute Gasteiger partial charge is 0.497 e. The zero-order valence-electron chi connectivity index (χ0n) is 17.4. The molecule has 0 aliphatic carbocycles. The smallest absolute Gasteiger partial charge is 0.311 e. The molecule has 0 saturated heterocycles. The second kappa shape index (κ2) is 9.66. The number of esters is 1. The van der Waals surface area contributed by atoms with Crippen LogP contribution in [0.25, 0.3) is 0 Å². The second-order valence-corrected chi connectivity index (χ2v) is 6.60. The highest BCUT2D eigenvalue weighted by Crippen LogP contribution is 2.32. The first-order valence-electron chi connectivity index (χ1n) is 9.42. The van der Waals surface area contributed by atoms with Gasteiger partial charge in [0.25, 0.3) is 5.91 Å². The minimum absolute atomic E-state index is 0.0976. The van der Waals surface area contributed by atoms with Gasteiger partial charge in [0.15, 0.2) is 0 Å². The van der Waals surface area contributed by atoms with E-state index in [2.05, 4.69) is 15.4 Å². The van der Waals surface area contributed by atoms with E-state index in [0.29, 0.717) is 34.3 Å². The van der Waals surface area contributed by atoms with E-state index in [-0.39, 0.29) is 13.0 Å². The molecular formula is C22H23N3O6. The molecule has 1 aliphatic heterocycles. The molecule has 0 fully saturated rings. The van der Waals surface area contributed by atoms with Crippen molar-refractivity contribution in [1.82, 2.24) is 0 Å². The van der Waals surface area contributed by atoms with E-state index in [1.807, 2.05) is 0 Å². The average Bonchev–Trinajstić information content (AvgIpc) is 2.90. The number of carbonyl (C=O) groups is 3. The molecule has 0 aromatic heterocycles. The van der Waals surface area contributed by atoms with Gasteiger partial charge in [-0.15, -0.1) is 0 Å². The number of benzene rings is 2. The predicted molar refractivity (Wildman–Crippen MR) is 115 cm³/mol. The number of methoxy groups -OCH3 is 3. The molecule has 0 atom stereocenters. The molecule has 3 rings (SSSR count). The number of nitrogens with zero attached hydrogens (tertiary/aromatic N) is 1. The molecule has 1 heterocycles. The van der Waals surface area contributed by atoms with Crippen molar-refractivity contribution in [3.63, 3.8) is 0 Å². The first-order chi connectivity index (χ1) is 14.9. The highest BCUT2D eigenvalue weighted by Gasteiger charge is 2.25. The van der Waals surface area contributed by atoms with Crippen LogP contribution in [0.5, 0.6) is 11.5 Å². The Bertz CT molecular complexity index is 1030. The Morgan fingerprint density at radius 2 is 1.84 bits per heavy atom. The van der Waals surface area contributed by atoms with Crippen LogP contribution in [0.15, 0.2) is 54.2 Å². The lowest BCUT2D eigenvalue weighted by Crippen LogP contribution is -2.37. The number of ether oxygens (including phenoxy) is 3. The third-order valence-corrected chi connectivity index (χ3v) is 4.60.